The van der Waals surface area contributed by atoms with Gasteiger partial charge in [0.25, 0.3) is 6.43 Å². The molecule has 2 aliphatic rings. The molecule has 1 amide bonds. The number of hydrogen-bond acceptors (Lipinski definition) is 3. The second kappa shape index (κ2) is 8.99. The summed E-state index contributed by atoms with van der Waals surface area (Å²) in [6, 6.07) is 5.42. The molecule has 0 unspecified atom stereocenters. The molecule has 5 nitrogen and oxygen atoms in total. The highest BCUT2D eigenvalue weighted by atomic mass is 35.5. The van der Waals surface area contributed by atoms with E-state index in [1.807, 2.05) is 18.2 Å². The molecule has 1 saturated heterocycles. The first-order chi connectivity index (χ1) is 14.3. The number of carbonyl (C=O) groups excluding carboxylic acids is 1. The molecule has 4 rings (SSSR count). The summed E-state index contributed by atoms with van der Waals surface area (Å²) in [5.41, 5.74) is 1.00. The second-order valence-corrected chi connectivity index (χ2v) is 8.87. The standard InChI is InChI=1S/C20H21Cl3F2N4O/c21-14-2-1-3-15(22)13(14)10-27-6-8-28(9-7-27)16(30)11-29-19(12-4-5-12)17(23)18(26-29)20(24)25/h1-3,12,20H,4-11H2. The van der Waals surface area contributed by atoms with Gasteiger partial charge in [-0.3, -0.25) is 14.4 Å². The van der Waals surface area contributed by atoms with Gasteiger partial charge in [0.1, 0.15) is 12.2 Å². The molecule has 1 saturated carbocycles. The van der Waals surface area contributed by atoms with Gasteiger partial charge in [-0.2, -0.15) is 5.10 Å². The number of nitrogens with zero attached hydrogens (tertiary/aromatic N) is 4. The maximum absolute atomic E-state index is 13.2. The predicted octanol–water partition coefficient (Wildman–Crippen LogP) is 5.00. The van der Waals surface area contributed by atoms with E-state index in [1.165, 1.54) is 4.68 Å². The Morgan fingerprint density at radius 1 is 1.10 bits per heavy atom. The Hall–Kier alpha value is -1.41. The molecule has 2 fully saturated rings. The lowest BCUT2D eigenvalue weighted by atomic mass is 10.2. The summed E-state index contributed by atoms with van der Waals surface area (Å²) in [6.07, 6.45) is -0.997. The van der Waals surface area contributed by atoms with Crippen molar-refractivity contribution in [1.82, 2.24) is 19.6 Å². The van der Waals surface area contributed by atoms with Crippen molar-refractivity contribution in [3.63, 3.8) is 0 Å². The van der Waals surface area contributed by atoms with Crippen LogP contribution in [0.25, 0.3) is 0 Å². The summed E-state index contributed by atoms with van der Waals surface area (Å²) in [7, 11) is 0. The third kappa shape index (κ3) is 4.59. The molecule has 1 aliphatic heterocycles. The van der Waals surface area contributed by atoms with Crippen LogP contribution in [-0.2, 0) is 17.9 Å². The molecule has 2 aromatic rings. The van der Waals surface area contributed by atoms with Crippen LogP contribution in [0.1, 0.15) is 42.1 Å². The third-order valence-electron chi connectivity index (χ3n) is 5.58. The van der Waals surface area contributed by atoms with Gasteiger partial charge < -0.3 is 4.90 Å². The van der Waals surface area contributed by atoms with E-state index in [9.17, 15) is 13.6 Å². The summed E-state index contributed by atoms with van der Waals surface area (Å²) < 4.78 is 27.8. The van der Waals surface area contributed by atoms with Crippen LogP contribution in [0.2, 0.25) is 15.1 Å². The molecule has 0 bridgehead atoms. The summed E-state index contributed by atoms with van der Waals surface area (Å²) in [4.78, 5) is 16.7. The summed E-state index contributed by atoms with van der Waals surface area (Å²) in [5.74, 6) is -0.0326. The Morgan fingerprint density at radius 3 is 2.30 bits per heavy atom. The molecule has 0 atom stereocenters. The van der Waals surface area contributed by atoms with E-state index >= 15 is 0 Å². The number of rotatable bonds is 6. The minimum atomic E-state index is -2.76. The first kappa shape index (κ1) is 21.8. The van der Waals surface area contributed by atoms with Crippen LogP contribution in [0.5, 0.6) is 0 Å². The Morgan fingerprint density at radius 2 is 1.73 bits per heavy atom. The third-order valence-corrected chi connectivity index (χ3v) is 6.68. The predicted molar refractivity (Wildman–Crippen MR) is 112 cm³/mol. The minimum Gasteiger partial charge on any atom is -0.339 e. The maximum atomic E-state index is 13.2. The number of carbonyl (C=O) groups is 1. The maximum Gasteiger partial charge on any atom is 0.283 e. The fraction of sp³-hybridized carbons (Fsp3) is 0.500. The Labute approximate surface area is 188 Å². The Bertz CT molecular complexity index is 920. The highest BCUT2D eigenvalue weighted by Crippen LogP contribution is 2.45. The average Bonchev–Trinajstić information content (AvgIpc) is 3.49. The molecular formula is C20H21Cl3F2N4O. The fourth-order valence-electron chi connectivity index (χ4n) is 3.77. The molecule has 1 aromatic heterocycles. The van der Waals surface area contributed by atoms with Gasteiger partial charge >= 0.3 is 0 Å². The zero-order chi connectivity index (χ0) is 21.4. The van der Waals surface area contributed by atoms with Crippen LogP contribution in [0.3, 0.4) is 0 Å². The van der Waals surface area contributed by atoms with Crippen molar-refractivity contribution in [3.8, 4) is 0 Å². The normalized spacial score (nSPS) is 17.7. The van der Waals surface area contributed by atoms with Crippen molar-refractivity contribution in [2.24, 2.45) is 0 Å². The van der Waals surface area contributed by atoms with E-state index in [0.717, 1.165) is 18.4 Å². The van der Waals surface area contributed by atoms with Crippen LogP contribution in [0, 0.1) is 0 Å². The zero-order valence-electron chi connectivity index (χ0n) is 16.1. The van der Waals surface area contributed by atoms with E-state index in [2.05, 4.69) is 10.00 Å². The molecule has 2 heterocycles. The van der Waals surface area contributed by atoms with Gasteiger partial charge in [0.05, 0.1) is 10.7 Å². The molecule has 0 spiro atoms. The number of aromatic nitrogens is 2. The number of hydrogen-bond donors (Lipinski definition) is 0. The van der Waals surface area contributed by atoms with Gasteiger partial charge in [0.15, 0.2) is 0 Å². The Kier molecular flexibility index (Phi) is 6.53. The molecule has 1 aromatic carbocycles. The smallest absolute Gasteiger partial charge is 0.283 e. The highest BCUT2D eigenvalue weighted by Gasteiger charge is 2.35. The zero-order valence-corrected chi connectivity index (χ0v) is 18.4. The van der Waals surface area contributed by atoms with Gasteiger partial charge in [-0.1, -0.05) is 40.9 Å². The lowest BCUT2D eigenvalue weighted by Crippen LogP contribution is -2.49. The minimum absolute atomic E-state index is 0.00161. The van der Waals surface area contributed by atoms with Crippen LogP contribution in [0.4, 0.5) is 8.78 Å². The van der Waals surface area contributed by atoms with E-state index in [4.69, 9.17) is 34.8 Å². The fourth-order valence-corrected chi connectivity index (χ4v) is 4.66. The van der Waals surface area contributed by atoms with Crippen LogP contribution in [-0.4, -0.2) is 51.7 Å². The van der Waals surface area contributed by atoms with E-state index < -0.39 is 12.1 Å². The van der Waals surface area contributed by atoms with Gasteiger partial charge in [-0.15, -0.1) is 0 Å². The van der Waals surface area contributed by atoms with Crippen LogP contribution < -0.4 is 0 Å². The van der Waals surface area contributed by atoms with E-state index in [0.29, 0.717) is 48.5 Å². The first-order valence-electron chi connectivity index (χ1n) is 9.82. The first-order valence-corrected chi connectivity index (χ1v) is 11.0. The van der Waals surface area contributed by atoms with E-state index in [1.54, 1.807) is 4.90 Å². The lowest BCUT2D eigenvalue weighted by molar-refractivity contribution is -0.133. The number of piperazine rings is 1. The molecule has 162 valence electrons. The van der Waals surface area contributed by atoms with Crippen molar-refractivity contribution in [2.75, 3.05) is 26.2 Å². The van der Waals surface area contributed by atoms with Gasteiger partial charge in [0, 0.05) is 54.3 Å². The molecular weight excluding hydrogens is 457 g/mol. The molecule has 0 N–H and O–H groups in total. The molecule has 10 heteroatoms. The Balaban J connectivity index is 1.38. The largest absolute Gasteiger partial charge is 0.339 e. The number of halogens is 5. The lowest BCUT2D eigenvalue weighted by Gasteiger charge is -2.35. The monoisotopic (exact) mass is 476 g/mol. The quantitative estimate of drug-likeness (QED) is 0.588. The number of amides is 1. The van der Waals surface area contributed by atoms with Crippen molar-refractivity contribution in [3.05, 3.63) is 50.2 Å². The average molecular weight is 478 g/mol. The number of benzene rings is 1. The SMILES string of the molecule is O=C(Cn1nc(C(F)F)c(Cl)c1C1CC1)N1CCN(Cc2c(Cl)cccc2Cl)CC1. The van der Waals surface area contributed by atoms with Crippen LogP contribution in [0.15, 0.2) is 18.2 Å². The van der Waals surface area contributed by atoms with Crippen molar-refractivity contribution >= 4 is 40.7 Å². The van der Waals surface area contributed by atoms with Crippen molar-refractivity contribution < 1.29 is 13.6 Å². The van der Waals surface area contributed by atoms with Gasteiger partial charge in [-0.25, -0.2) is 8.78 Å². The molecule has 0 radical (unpaired) electrons. The molecule has 30 heavy (non-hydrogen) atoms. The van der Waals surface area contributed by atoms with Crippen molar-refractivity contribution in [1.29, 1.82) is 0 Å². The van der Waals surface area contributed by atoms with E-state index in [-0.39, 0.29) is 23.4 Å². The second-order valence-electron chi connectivity index (χ2n) is 7.67. The summed E-state index contributed by atoms with van der Waals surface area (Å²) in [5, 5.41) is 5.19. The highest BCUT2D eigenvalue weighted by molar-refractivity contribution is 6.36. The van der Waals surface area contributed by atoms with Crippen LogP contribution >= 0.6 is 34.8 Å². The van der Waals surface area contributed by atoms with Gasteiger partial charge in [0.2, 0.25) is 5.91 Å². The molecule has 1 aliphatic carbocycles. The topological polar surface area (TPSA) is 41.4 Å². The number of alkyl halides is 2. The van der Waals surface area contributed by atoms with Crippen molar-refractivity contribution in [2.45, 2.75) is 38.3 Å². The summed E-state index contributed by atoms with van der Waals surface area (Å²) >= 11 is 18.6. The van der Waals surface area contributed by atoms with Gasteiger partial charge in [-0.05, 0) is 25.0 Å². The summed E-state index contributed by atoms with van der Waals surface area (Å²) in [6.45, 7) is 2.95.